The summed E-state index contributed by atoms with van der Waals surface area (Å²) in [6.07, 6.45) is 3.67. The number of fused-ring (bicyclic) bond motifs is 2. The lowest BCUT2D eigenvalue weighted by Gasteiger charge is -1.95. The molecular weight excluding hydrogens is 330 g/mol. The summed E-state index contributed by atoms with van der Waals surface area (Å²) in [5.41, 5.74) is 2.52. The molecule has 0 unspecified atom stereocenters. The summed E-state index contributed by atoms with van der Waals surface area (Å²) >= 11 is 3.46. The van der Waals surface area contributed by atoms with Gasteiger partial charge in [-0.3, -0.25) is 0 Å². The predicted octanol–water partition coefficient (Wildman–Crippen LogP) is 3.30. The molecule has 21 heavy (non-hydrogen) atoms. The third kappa shape index (κ3) is 2.06. The van der Waals surface area contributed by atoms with Gasteiger partial charge in [0, 0.05) is 26.2 Å². The molecule has 3 aromatic rings. The van der Waals surface area contributed by atoms with Crippen LogP contribution in [0.3, 0.4) is 0 Å². The van der Waals surface area contributed by atoms with Gasteiger partial charge in [-0.25, -0.2) is 0 Å². The lowest BCUT2D eigenvalue weighted by molar-refractivity contribution is 0.457. The zero-order valence-electron chi connectivity index (χ0n) is 10.8. The predicted molar refractivity (Wildman–Crippen MR) is 85.9 cm³/mol. The number of rotatable bonds is 1. The molecule has 2 heterocycles. The Morgan fingerprint density at radius 2 is 2.05 bits per heavy atom. The molecule has 0 spiro atoms. The van der Waals surface area contributed by atoms with Gasteiger partial charge in [0.2, 0.25) is 0 Å². The normalized spacial score (nSPS) is 13.7. The Hall–Kier alpha value is -2.40. The third-order valence-corrected chi connectivity index (χ3v) is 4.00. The third-order valence-electron chi connectivity index (χ3n) is 3.51. The van der Waals surface area contributed by atoms with Gasteiger partial charge in [-0.2, -0.15) is 10.2 Å². The number of H-pyrrole nitrogens is 1. The zero-order chi connectivity index (χ0) is 14.4. The molecule has 0 amide bonds. The summed E-state index contributed by atoms with van der Waals surface area (Å²) in [4.78, 5) is 2.98. The van der Waals surface area contributed by atoms with Crippen LogP contribution in [-0.2, 0) is 0 Å². The van der Waals surface area contributed by atoms with Crippen molar-refractivity contribution in [3.63, 3.8) is 0 Å². The van der Waals surface area contributed by atoms with Crippen LogP contribution in [0.1, 0.15) is 5.56 Å². The largest absolute Gasteiger partial charge is 0.494 e. The number of nitrogens with one attached hydrogen (secondary N) is 1. The summed E-state index contributed by atoms with van der Waals surface area (Å²) in [6.45, 7) is 0. The number of hydrogen-bond acceptors (Lipinski definition) is 3. The molecule has 1 aliphatic heterocycles. The van der Waals surface area contributed by atoms with Gasteiger partial charge < -0.3 is 10.1 Å². The number of aromatic hydroxyl groups is 1. The number of nitrogens with zero attached hydrogens (tertiary/aromatic N) is 2. The van der Waals surface area contributed by atoms with Crippen molar-refractivity contribution in [1.82, 2.24) is 4.98 Å². The van der Waals surface area contributed by atoms with Crippen molar-refractivity contribution in [2.24, 2.45) is 10.2 Å². The van der Waals surface area contributed by atoms with Crippen LogP contribution in [0.5, 0.6) is 5.88 Å². The van der Waals surface area contributed by atoms with E-state index in [-0.39, 0.29) is 5.88 Å². The summed E-state index contributed by atoms with van der Waals surface area (Å²) < 4.78 is 0.973. The Morgan fingerprint density at radius 3 is 2.95 bits per heavy atom. The maximum absolute atomic E-state index is 10.1. The molecule has 4 rings (SSSR count). The number of aromatic nitrogens is 1. The highest BCUT2D eigenvalue weighted by Crippen LogP contribution is 2.30. The molecule has 2 aromatic carbocycles. The van der Waals surface area contributed by atoms with E-state index in [1.807, 2.05) is 42.5 Å². The van der Waals surface area contributed by atoms with Crippen molar-refractivity contribution < 1.29 is 5.11 Å². The van der Waals surface area contributed by atoms with Crippen LogP contribution in [0.2, 0.25) is 0 Å². The molecule has 0 atom stereocenters. The highest BCUT2D eigenvalue weighted by Gasteiger charge is 2.09. The first-order valence-electron chi connectivity index (χ1n) is 6.44. The Balaban J connectivity index is 1.97. The van der Waals surface area contributed by atoms with Crippen molar-refractivity contribution in [3.05, 3.63) is 56.9 Å². The SMILES string of the molecule is Oc1[nH]c2ccc(Br)cc2c1C=c1ccc2c(c1)N=NC=2. The molecule has 102 valence electrons. The first-order valence-corrected chi connectivity index (χ1v) is 7.23. The fraction of sp³-hybridized carbons (Fsp3) is 0. The average molecular weight is 340 g/mol. The van der Waals surface area contributed by atoms with E-state index in [2.05, 4.69) is 31.1 Å². The van der Waals surface area contributed by atoms with Gasteiger partial charge in [0.25, 0.3) is 0 Å². The Labute approximate surface area is 128 Å². The van der Waals surface area contributed by atoms with Crippen LogP contribution < -0.4 is 10.4 Å². The quantitative estimate of drug-likeness (QED) is 0.702. The fourth-order valence-corrected chi connectivity index (χ4v) is 2.84. The molecule has 0 saturated carbocycles. The van der Waals surface area contributed by atoms with E-state index in [1.165, 1.54) is 0 Å². The summed E-state index contributed by atoms with van der Waals surface area (Å²) in [5.74, 6) is 0.164. The first-order chi connectivity index (χ1) is 10.2. The van der Waals surface area contributed by atoms with Gasteiger partial charge in [0.1, 0.15) is 0 Å². The second kappa shape index (κ2) is 4.56. The van der Waals surface area contributed by atoms with Gasteiger partial charge >= 0.3 is 0 Å². The van der Waals surface area contributed by atoms with E-state index in [0.29, 0.717) is 0 Å². The molecular formula is C16H10BrN3O. The monoisotopic (exact) mass is 339 g/mol. The molecule has 1 aliphatic rings. The van der Waals surface area contributed by atoms with Crippen LogP contribution in [0.15, 0.2) is 51.1 Å². The molecule has 4 nitrogen and oxygen atoms in total. The molecule has 0 fully saturated rings. The minimum Gasteiger partial charge on any atom is -0.494 e. The average Bonchev–Trinajstić information content (AvgIpc) is 3.04. The lowest BCUT2D eigenvalue weighted by atomic mass is 10.1. The van der Waals surface area contributed by atoms with E-state index in [9.17, 15) is 5.11 Å². The van der Waals surface area contributed by atoms with E-state index >= 15 is 0 Å². The van der Waals surface area contributed by atoms with Crippen LogP contribution in [0.4, 0.5) is 5.69 Å². The standard InChI is InChI=1S/C16H10BrN3O/c17-11-3-4-14-12(7-11)13(16(21)19-14)5-9-1-2-10-8-18-20-15(10)6-9/h1-8,19,21H. The highest BCUT2D eigenvalue weighted by molar-refractivity contribution is 9.10. The number of halogens is 1. The fourth-order valence-electron chi connectivity index (χ4n) is 2.48. The number of hydrogen-bond donors (Lipinski definition) is 2. The van der Waals surface area contributed by atoms with E-state index < -0.39 is 0 Å². The second-order valence-corrected chi connectivity index (χ2v) is 5.80. The number of benzene rings is 2. The van der Waals surface area contributed by atoms with Gasteiger partial charge in [-0.1, -0.05) is 28.1 Å². The van der Waals surface area contributed by atoms with Crippen molar-refractivity contribution in [2.75, 3.05) is 0 Å². The van der Waals surface area contributed by atoms with Crippen molar-refractivity contribution in [3.8, 4) is 5.88 Å². The number of aromatic amines is 1. The van der Waals surface area contributed by atoms with E-state index in [0.717, 1.165) is 37.1 Å². The lowest BCUT2D eigenvalue weighted by Crippen LogP contribution is -2.06. The minimum atomic E-state index is 0.164. The molecule has 0 bridgehead atoms. The van der Waals surface area contributed by atoms with Gasteiger partial charge in [0.05, 0.1) is 11.9 Å². The van der Waals surface area contributed by atoms with E-state index in [1.54, 1.807) is 6.20 Å². The van der Waals surface area contributed by atoms with Crippen LogP contribution in [-0.4, -0.2) is 10.1 Å². The Bertz CT molecular complexity index is 1020. The molecule has 2 N–H and O–H groups in total. The Morgan fingerprint density at radius 1 is 1.14 bits per heavy atom. The van der Waals surface area contributed by atoms with Crippen LogP contribution in [0, 0.1) is 0 Å². The maximum atomic E-state index is 10.1. The van der Waals surface area contributed by atoms with Crippen molar-refractivity contribution in [1.29, 1.82) is 0 Å². The summed E-state index contributed by atoms with van der Waals surface area (Å²) in [7, 11) is 0. The molecule has 0 saturated heterocycles. The summed E-state index contributed by atoms with van der Waals surface area (Å²) in [6, 6.07) is 11.8. The number of azo groups is 1. The zero-order valence-corrected chi connectivity index (χ0v) is 12.4. The highest BCUT2D eigenvalue weighted by atomic mass is 79.9. The van der Waals surface area contributed by atoms with E-state index in [4.69, 9.17) is 0 Å². The van der Waals surface area contributed by atoms with Crippen molar-refractivity contribution in [2.45, 2.75) is 0 Å². The van der Waals surface area contributed by atoms with Gasteiger partial charge in [-0.15, -0.1) is 0 Å². The topological polar surface area (TPSA) is 60.7 Å². The smallest absolute Gasteiger partial charge is 0.196 e. The van der Waals surface area contributed by atoms with Crippen molar-refractivity contribution >= 4 is 44.8 Å². The first kappa shape index (κ1) is 12.3. The molecule has 5 heteroatoms. The van der Waals surface area contributed by atoms with Crippen LogP contribution in [0.25, 0.3) is 23.2 Å². The Kier molecular flexibility index (Phi) is 2.68. The van der Waals surface area contributed by atoms with Gasteiger partial charge in [0.15, 0.2) is 5.88 Å². The second-order valence-electron chi connectivity index (χ2n) is 4.88. The minimum absolute atomic E-state index is 0.164. The molecule has 0 aliphatic carbocycles. The molecule has 1 aromatic heterocycles. The van der Waals surface area contributed by atoms with Gasteiger partial charge in [-0.05, 0) is 35.6 Å². The van der Waals surface area contributed by atoms with Crippen LogP contribution >= 0.6 is 15.9 Å². The summed E-state index contributed by atoms with van der Waals surface area (Å²) in [5, 5.41) is 21.0. The maximum Gasteiger partial charge on any atom is 0.196 e. The molecule has 0 radical (unpaired) electrons.